The van der Waals surface area contributed by atoms with Crippen LogP contribution in [-0.2, 0) is 4.74 Å². The Labute approximate surface area is 102 Å². The van der Waals surface area contributed by atoms with Crippen LogP contribution in [0.4, 0.5) is 0 Å². The topological polar surface area (TPSA) is 52.9 Å². The lowest BCUT2D eigenvalue weighted by Gasteiger charge is -2.24. The summed E-state index contributed by atoms with van der Waals surface area (Å²) < 4.78 is 5.00. The molecule has 2 N–H and O–H groups in total. The second kappa shape index (κ2) is 8.20. The number of methoxy groups -OCH3 is 1. The van der Waals surface area contributed by atoms with Gasteiger partial charge in [0.2, 0.25) is 0 Å². The quantitative estimate of drug-likeness (QED) is 0.700. The van der Waals surface area contributed by atoms with Crippen LogP contribution in [0.5, 0.6) is 0 Å². The maximum Gasteiger partial charge on any atom is 0.0916 e. The standard InChI is InChI=1S/C13H21NO3/c1-17-10-8-14(7-9-15)11-13(16)12-5-3-2-4-6-12/h2-6,13,15-16H,7-11H2,1H3. The van der Waals surface area contributed by atoms with E-state index in [1.54, 1.807) is 7.11 Å². The van der Waals surface area contributed by atoms with Crippen molar-refractivity contribution in [1.82, 2.24) is 4.90 Å². The van der Waals surface area contributed by atoms with Crippen LogP contribution in [0.3, 0.4) is 0 Å². The highest BCUT2D eigenvalue weighted by molar-refractivity contribution is 5.17. The van der Waals surface area contributed by atoms with Crippen LogP contribution >= 0.6 is 0 Å². The zero-order valence-corrected chi connectivity index (χ0v) is 10.2. The highest BCUT2D eigenvalue weighted by Gasteiger charge is 2.12. The van der Waals surface area contributed by atoms with E-state index in [1.807, 2.05) is 35.2 Å². The summed E-state index contributed by atoms with van der Waals surface area (Å²) in [5, 5.41) is 19.0. The molecule has 1 aromatic rings. The largest absolute Gasteiger partial charge is 0.395 e. The van der Waals surface area contributed by atoms with Gasteiger partial charge in [0, 0.05) is 26.7 Å². The molecule has 0 aliphatic rings. The van der Waals surface area contributed by atoms with Gasteiger partial charge in [0.15, 0.2) is 0 Å². The first kappa shape index (κ1) is 14.1. The van der Waals surface area contributed by atoms with Gasteiger partial charge in [-0.05, 0) is 5.56 Å². The van der Waals surface area contributed by atoms with Crippen LogP contribution in [0.15, 0.2) is 30.3 Å². The van der Waals surface area contributed by atoms with E-state index in [2.05, 4.69) is 0 Å². The minimum absolute atomic E-state index is 0.0885. The van der Waals surface area contributed by atoms with Crippen molar-refractivity contribution >= 4 is 0 Å². The lowest BCUT2D eigenvalue weighted by molar-refractivity contribution is 0.0779. The van der Waals surface area contributed by atoms with Gasteiger partial charge in [-0.3, -0.25) is 4.90 Å². The minimum Gasteiger partial charge on any atom is -0.395 e. The molecule has 0 aliphatic heterocycles. The van der Waals surface area contributed by atoms with Gasteiger partial charge in [-0.2, -0.15) is 0 Å². The maximum atomic E-state index is 10.1. The Hall–Kier alpha value is -0.940. The van der Waals surface area contributed by atoms with E-state index < -0.39 is 6.10 Å². The van der Waals surface area contributed by atoms with Gasteiger partial charge < -0.3 is 14.9 Å². The van der Waals surface area contributed by atoms with Crippen LogP contribution in [0.25, 0.3) is 0 Å². The van der Waals surface area contributed by atoms with Crippen molar-refractivity contribution in [3.8, 4) is 0 Å². The summed E-state index contributed by atoms with van der Waals surface area (Å²) in [4.78, 5) is 1.99. The fourth-order valence-electron chi connectivity index (χ4n) is 1.68. The second-order valence-corrected chi connectivity index (χ2v) is 3.94. The van der Waals surface area contributed by atoms with Crippen LogP contribution < -0.4 is 0 Å². The van der Waals surface area contributed by atoms with Gasteiger partial charge in [0.1, 0.15) is 0 Å². The summed E-state index contributed by atoms with van der Waals surface area (Å²) in [5.74, 6) is 0. The van der Waals surface area contributed by atoms with Gasteiger partial charge in [0.05, 0.1) is 19.3 Å². The molecule has 96 valence electrons. The molecule has 0 radical (unpaired) electrons. The normalized spacial score (nSPS) is 12.9. The van der Waals surface area contributed by atoms with Crippen LogP contribution in [0, 0.1) is 0 Å². The third-order valence-corrected chi connectivity index (χ3v) is 2.64. The van der Waals surface area contributed by atoms with Crippen molar-refractivity contribution in [2.75, 3.05) is 40.0 Å². The lowest BCUT2D eigenvalue weighted by atomic mass is 10.1. The van der Waals surface area contributed by atoms with E-state index in [9.17, 15) is 5.11 Å². The molecule has 1 unspecified atom stereocenters. The van der Waals surface area contributed by atoms with E-state index in [0.29, 0.717) is 26.2 Å². The average molecular weight is 239 g/mol. The van der Waals surface area contributed by atoms with Gasteiger partial charge in [-0.1, -0.05) is 30.3 Å². The molecule has 0 heterocycles. The Morgan fingerprint density at radius 3 is 2.53 bits per heavy atom. The number of benzene rings is 1. The predicted molar refractivity (Wildman–Crippen MR) is 66.8 cm³/mol. The second-order valence-electron chi connectivity index (χ2n) is 3.94. The molecular formula is C13H21NO3. The third kappa shape index (κ3) is 5.28. The molecule has 0 bridgehead atoms. The van der Waals surface area contributed by atoms with Crippen LogP contribution in [-0.4, -0.2) is 55.1 Å². The maximum absolute atomic E-state index is 10.1. The van der Waals surface area contributed by atoms with Crippen LogP contribution in [0.1, 0.15) is 11.7 Å². The number of ether oxygens (including phenoxy) is 1. The minimum atomic E-state index is -0.528. The highest BCUT2D eigenvalue weighted by atomic mass is 16.5. The van der Waals surface area contributed by atoms with Crippen molar-refractivity contribution in [2.45, 2.75) is 6.10 Å². The molecule has 0 fully saturated rings. The molecule has 1 atom stereocenters. The van der Waals surface area contributed by atoms with Gasteiger partial charge in [0.25, 0.3) is 0 Å². The van der Waals surface area contributed by atoms with Crippen molar-refractivity contribution in [3.63, 3.8) is 0 Å². The van der Waals surface area contributed by atoms with Gasteiger partial charge in [-0.25, -0.2) is 0 Å². The van der Waals surface area contributed by atoms with Gasteiger partial charge in [-0.15, -0.1) is 0 Å². The summed E-state index contributed by atoms with van der Waals surface area (Å²) in [6, 6.07) is 9.54. The molecule has 0 saturated carbocycles. The first-order valence-electron chi connectivity index (χ1n) is 5.83. The summed E-state index contributed by atoms with van der Waals surface area (Å²) in [6.45, 7) is 2.45. The molecule has 0 spiro atoms. The number of hydrogen-bond donors (Lipinski definition) is 2. The molecule has 1 aromatic carbocycles. The Balaban J connectivity index is 2.48. The Kier molecular flexibility index (Phi) is 6.81. The lowest BCUT2D eigenvalue weighted by Crippen LogP contribution is -2.34. The molecule has 4 nitrogen and oxygen atoms in total. The highest BCUT2D eigenvalue weighted by Crippen LogP contribution is 2.13. The first-order chi connectivity index (χ1) is 8.27. The molecular weight excluding hydrogens is 218 g/mol. The average Bonchev–Trinajstić information content (AvgIpc) is 2.37. The summed E-state index contributed by atoms with van der Waals surface area (Å²) >= 11 is 0. The third-order valence-electron chi connectivity index (χ3n) is 2.64. The van der Waals surface area contributed by atoms with Crippen LogP contribution in [0.2, 0.25) is 0 Å². The van der Waals surface area contributed by atoms with Gasteiger partial charge >= 0.3 is 0 Å². The van der Waals surface area contributed by atoms with Crippen molar-refractivity contribution in [1.29, 1.82) is 0 Å². The molecule has 4 heteroatoms. The Morgan fingerprint density at radius 1 is 1.24 bits per heavy atom. The summed E-state index contributed by atoms with van der Waals surface area (Å²) in [6.07, 6.45) is -0.528. The zero-order valence-electron chi connectivity index (χ0n) is 10.2. The van der Waals surface area contributed by atoms with E-state index >= 15 is 0 Å². The van der Waals surface area contributed by atoms with Crippen molar-refractivity contribution in [3.05, 3.63) is 35.9 Å². The first-order valence-corrected chi connectivity index (χ1v) is 5.83. The fraction of sp³-hybridized carbons (Fsp3) is 0.538. The Morgan fingerprint density at radius 2 is 1.94 bits per heavy atom. The summed E-state index contributed by atoms with van der Waals surface area (Å²) in [7, 11) is 1.64. The predicted octanol–water partition coefficient (Wildman–Crippen LogP) is 0.661. The number of nitrogens with zero attached hydrogens (tertiary/aromatic N) is 1. The van der Waals surface area contributed by atoms with Crippen molar-refractivity contribution in [2.24, 2.45) is 0 Å². The number of hydrogen-bond acceptors (Lipinski definition) is 4. The molecule has 1 rings (SSSR count). The molecule has 0 aromatic heterocycles. The number of rotatable bonds is 8. The molecule has 0 aliphatic carbocycles. The molecule has 17 heavy (non-hydrogen) atoms. The monoisotopic (exact) mass is 239 g/mol. The number of aliphatic hydroxyl groups excluding tert-OH is 2. The smallest absolute Gasteiger partial charge is 0.0916 e. The van der Waals surface area contributed by atoms with Crippen molar-refractivity contribution < 1.29 is 14.9 Å². The van der Waals surface area contributed by atoms with E-state index in [-0.39, 0.29) is 6.61 Å². The zero-order chi connectivity index (χ0) is 12.5. The SMILES string of the molecule is COCCN(CCO)CC(O)c1ccccc1. The summed E-state index contributed by atoms with van der Waals surface area (Å²) in [5.41, 5.74) is 0.896. The van der Waals surface area contributed by atoms with E-state index in [4.69, 9.17) is 9.84 Å². The molecule has 0 saturated heterocycles. The van der Waals surface area contributed by atoms with E-state index in [0.717, 1.165) is 5.56 Å². The Bertz CT molecular complexity index is 292. The number of aliphatic hydroxyl groups is 2. The molecule has 0 amide bonds. The fourth-order valence-corrected chi connectivity index (χ4v) is 1.68. The van der Waals surface area contributed by atoms with E-state index in [1.165, 1.54) is 0 Å².